The van der Waals surface area contributed by atoms with Crippen LogP contribution in [0.5, 0.6) is 0 Å². The third kappa shape index (κ3) is 2.91. The van der Waals surface area contributed by atoms with E-state index in [1.165, 1.54) is 0 Å². The molecule has 0 aliphatic carbocycles. The van der Waals surface area contributed by atoms with Crippen LogP contribution in [0.15, 0.2) is 77.5 Å². The number of aryl methyl sites for hydroxylation is 1. The highest BCUT2D eigenvalue weighted by molar-refractivity contribution is 5.83. The summed E-state index contributed by atoms with van der Waals surface area (Å²) < 4.78 is 5.86. The maximum Gasteiger partial charge on any atom is 0.268 e. The first-order valence-corrected chi connectivity index (χ1v) is 8.86. The molecule has 0 fully saturated rings. The molecule has 0 bridgehead atoms. The SMILES string of the molecule is Cc1ncc(-c2ccc3ncccc3c2)nc1-c1nnc(-c2ccccc2)o1. The van der Waals surface area contributed by atoms with Gasteiger partial charge in [-0.2, -0.15) is 0 Å². The molecule has 0 aliphatic rings. The Balaban J connectivity index is 1.57. The molecule has 0 aliphatic heterocycles. The second kappa shape index (κ2) is 6.66. The van der Waals surface area contributed by atoms with Crippen molar-refractivity contribution in [2.45, 2.75) is 6.92 Å². The van der Waals surface area contributed by atoms with Crippen LogP contribution in [0.25, 0.3) is 45.2 Å². The smallest absolute Gasteiger partial charge is 0.268 e. The minimum atomic E-state index is 0.355. The van der Waals surface area contributed by atoms with Crippen LogP contribution in [0.2, 0.25) is 0 Å². The second-order valence-corrected chi connectivity index (χ2v) is 6.38. The van der Waals surface area contributed by atoms with E-state index in [0.717, 1.165) is 33.4 Å². The molecule has 6 nitrogen and oxygen atoms in total. The third-order valence-corrected chi connectivity index (χ3v) is 4.50. The van der Waals surface area contributed by atoms with Gasteiger partial charge in [-0.3, -0.25) is 9.97 Å². The van der Waals surface area contributed by atoms with E-state index in [0.29, 0.717) is 17.5 Å². The lowest BCUT2D eigenvalue weighted by Crippen LogP contribution is -1.95. The van der Waals surface area contributed by atoms with Crippen LogP contribution in [0.1, 0.15) is 5.69 Å². The summed E-state index contributed by atoms with van der Waals surface area (Å²) in [6.07, 6.45) is 3.54. The topological polar surface area (TPSA) is 77.6 Å². The Bertz CT molecular complexity index is 1280. The van der Waals surface area contributed by atoms with Crippen LogP contribution in [-0.4, -0.2) is 25.1 Å². The van der Waals surface area contributed by atoms with Gasteiger partial charge in [0.2, 0.25) is 5.89 Å². The number of rotatable bonds is 3. The lowest BCUT2D eigenvalue weighted by molar-refractivity contribution is 0.581. The molecule has 2 aromatic carbocycles. The molecule has 6 heteroatoms. The number of hydrogen-bond acceptors (Lipinski definition) is 6. The van der Waals surface area contributed by atoms with Crippen molar-refractivity contribution in [2.75, 3.05) is 0 Å². The normalized spacial score (nSPS) is 11.0. The molecule has 134 valence electrons. The lowest BCUT2D eigenvalue weighted by atomic mass is 10.1. The van der Waals surface area contributed by atoms with E-state index >= 15 is 0 Å². The van der Waals surface area contributed by atoms with Crippen molar-refractivity contribution in [1.29, 1.82) is 0 Å². The predicted molar refractivity (Wildman–Crippen MR) is 106 cm³/mol. The van der Waals surface area contributed by atoms with E-state index in [-0.39, 0.29) is 0 Å². The Morgan fingerprint density at radius 3 is 2.54 bits per heavy atom. The van der Waals surface area contributed by atoms with Gasteiger partial charge in [-0.25, -0.2) is 4.98 Å². The first-order chi connectivity index (χ1) is 13.8. The Kier molecular flexibility index (Phi) is 3.87. The lowest BCUT2D eigenvalue weighted by Gasteiger charge is -2.06. The summed E-state index contributed by atoms with van der Waals surface area (Å²) in [6.45, 7) is 1.88. The van der Waals surface area contributed by atoms with Gasteiger partial charge in [-0.1, -0.05) is 30.3 Å². The number of benzene rings is 2. The highest BCUT2D eigenvalue weighted by Gasteiger charge is 2.16. The van der Waals surface area contributed by atoms with Gasteiger partial charge in [0.05, 0.1) is 23.1 Å². The summed E-state index contributed by atoms with van der Waals surface area (Å²) in [4.78, 5) is 13.6. The van der Waals surface area contributed by atoms with Gasteiger partial charge in [0.15, 0.2) is 0 Å². The van der Waals surface area contributed by atoms with Crippen molar-refractivity contribution in [1.82, 2.24) is 25.1 Å². The predicted octanol–water partition coefficient (Wildman–Crippen LogP) is 4.72. The maximum absolute atomic E-state index is 5.86. The van der Waals surface area contributed by atoms with E-state index in [1.807, 2.05) is 61.5 Å². The first-order valence-electron chi connectivity index (χ1n) is 8.86. The van der Waals surface area contributed by atoms with Crippen molar-refractivity contribution in [3.63, 3.8) is 0 Å². The standard InChI is InChI=1S/C22H15N5O/c1-14-20(22-27-26-21(28-22)15-6-3-2-4-7-15)25-19(13-24-14)17-9-10-18-16(12-17)8-5-11-23-18/h2-13H,1H3. The zero-order valence-electron chi connectivity index (χ0n) is 15.1. The summed E-state index contributed by atoms with van der Waals surface area (Å²) in [7, 11) is 0. The number of hydrogen-bond donors (Lipinski definition) is 0. The molecule has 0 atom stereocenters. The van der Waals surface area contributed by atoms with Gasteiger partial charge in [0.1, 0.15) is 5.69 Å². The monoisotopic (exact) mass is 365 g/mol. The summed E-state index contributed by atoms with van der Waals surface area (Å²) >= 11 is 0. The fourth-order valence-electron chi connectivity index (χ4n) is 3.04. The fourth-order valence-corrected chi connectivity index (χ4v) is 3.04. The van der Waals surface area contributed by atoms with Crippen LogP contribution in [-0.2, 0) is 0 Å². The Morgan fingerprint density at radius 1 is 0.786 bits per heavy atom. The summed E-state index contributed by atoms with van der Waals surface area (Å²) in [5.41, 5.74) is 4.82. The summed E-state index contributed by atoms with van der Waals surface area (Å²) in [5.74, 6) is 0.812. The van der Waals surface area contributed by atoms with Crippen LogP contribution >= 0.6 is 0 Å². The van der Waals surface area contributed by atoms with E-state index in [1.54, 1.807) is 12.4 Å². The summed E-state index contributed by atoms with van der Waals surface area (Å²) in [5, 5.41) is 9.38. The van der Waals surface area contributed by atoms with E-state index < -0.39 is 0 Å². The molecule has 0 N–H and O–H groups in total. The van der Waals surface area contributed by atoms with Crippen molar-refractivity contribution >= 4 is 10.9 Å². The molecule has 28 heavy (non-hydrogen) atoms. The van der Waals surface area contributed by atoms with Crippen molar-refractivity contribution in [3.05, 3.63) is 78.8 Å². The maximum atomic E-state index is 5.86. The van der Waals surface area contributed by atoms with E-state index in [4.69, 9.17) is 9.40 Å². The average molecular weight is 365 g/mol. The highest BCUT2D eigenvalue weighted by atomic mass is 16.4. The molecule has 0 saturated carbocycles. The number of aromatic nitrogens is 5. The Hall–Kier alpha value is -3.93. The molecule has 0 radical (unpaired) electrons. The van der Waals surface area contributed by atoms with Crippen LogP contribution in [0.4, 0.5) is 0 Å². The quantitative estimate of drug-likeness (QED) is 0.460. The largest absolute Gasteiger partial charge is 0.415 e. The molecule has 0 saturated heterocycles. The van der Waals surface area contributed by atoms with Crippen LogP contribution in [0, 0.1) is 6.92 Å². The fraction of sp³-hybridized carbons (Fsp3) is 0.0455. The van der Waals surface area contributed by atoms with Gasteiger partial charge >= 0.3 is 0 Å². The van der Waals surface area contributed by atoms with Gasteiger partial charge in [0, 0.05) is 22.7 Å². The van der Waals surface area contributed by atoms with Crippen molar-refractivity contribution in [3.8, 4) is 34.3 Å². The molecule has 3 heterocycles. The molecule has 0 spiro atoms. The second-order valence-electron chi connectivity index (χ2n) is 6.38. The Labute approximate surface area is 161 Å². The minimum absolute atomic E-state index is 0.355. The van der Waals surface area contributed by atoms with Gasteiger partial charge in [-0.15, -0.1) is 10.2 Å². The highest BCUT2D eigenvalue weighted by Crippen LogP contribution is 2.27. The molecule has 5 rings (SSSR count). The van der Waals surface area contributed by atoms with Crippen LogP contribution in [0.3, 0.4) is 0 Å². The molecule has 5 aromatic rings. The summed E-state index contributed by atoms with van der Waals surface area (Å²) in [6, 6.07) is 19.6. The third-order valence-electron chi connectivity index (χ3n) is 4.50. The minimum Gasteiger partial charge on any atom is -0.415 e. The van der Waals surface area contributed by atoms with Crippen molar-refractivity contribution in [2.24, 2.45) is 0 Å². The number of pyridine rings is 1. The zero-order chi connectivity index (χ0) is 18.9. The van der Waals surface area contributed by atoms with Crippen molar-refractivity contribution < 1.29 is 4.42 Å². The average Bonchev–Trinajstić information content (AvgIpc) is 3.24. The zero-order valence-corrected chi connectivity index (χ0v) is 15.1. The number of nitrogens with zero attached hydrogens (tertiary/aromatic N) is 5. The van der Waals surface area contributed by atoms with Gasteiger partial charge in [0.25, 0.3) is 5.89 Å². The van der Waals surface area contributed by atoms with Crippen LogP contribution < -0.4 is 0 Å². The number of fused-ring (bicyclic) bond motifs is 1. The first kappa shape index (κ1) is 16.3. The molecular weight excluding hydrogens is 350 g/mol. The molecule has 3 aromatic heterocycles. The molecule has 0 unspecified atom stereocenters. The molecular formula is C22H15N5O. The van der Waals surface area contributed by atoms with E-state index in [9.17, 15) is 0 Å². The Morgan fingerprint density at radius 2 is 1.64 bits per heavy atom. The molecule has 0 amide bonds. The van der Waals surface area contributed by atoms with E-state index in [2.05, 4.69) is 26.2 Å². The van der Waals surface area contributed by atoms with Gasteiger partial charge < -0.3 is 4.42 Å². The van der Waals surface area contributed by atoms with Gasteiger partial charge in [-0.05, 0) is 37.3 Å².